The third-order valence-electron chi connectivity index (χ3n) is 3.48. The lowest BCUT2D eigenvalue weighted by Crippen LogP contribution is -2.28. The number of hydrogen-bond donors (Lipinski definition) is 1. The van der Waals surface area contributed by atoms with Crippen molar-refractivity contribution in [2.45, 2.75) is 38.3 Å². The molecule has 0 spiro atoms. The van der Waals surface area contributed by atoms with Gasteiger partial charge in [0.05, 0.1) is 6.61 Å². The van der Waals surface area contributed by atoms with Crippen molar-refractivity contribution in [2.24, 2.45) is 0 Å². The van der Waals surface area contributed by atoms with Crippen LogP contribution in [0.2, 0.25) is 5.28 Å². The monoisotopic (exact) mass is 283 g/mol. The summed E-state index contributed by atoms with van der Waals surface area (Å²) in [5, 5.41) is 3.49. The van der Waals surface area contributed by atoms with E-state index in [9.17, 15) is 0 Å². The van der Waals surface area contributed by atoms with Crippen LogP contribution in [0.15, 0.2) is 0 Å². The highest BCUT2D eigenvalue weighted by molar-refractivity contribution is 6.28. The second kappa shape index (κ2) is 5.46. The fraction of sp³-hybridized carbons (Fsp3) is 0.750. The van der Waals surface area contributed by atoms with Gasteiger partial charge in [0.2, 0.25) is 11.2 Å². The number of likely N-dealkylation sites (tertiary alicyclic amines) is 1. The molecule has 0 bridgehead atoms. The van der Waals surface area contributed by atoms with Crippen molar-refractivity contribution >= 4 is 17.5 Å². The molecule has 1 saturated heterocycles. The van der Waals surface area contributed by atoms with E-state index >= 15 is 0 Å². The molecule has 2 fully saturated rings. The molecular weight excluding hydrogens is 266 g/mol. The molecule has 0 radical (unpaired) electrons. The van der Waals surface area contributed by atoms with Crippen LogP contribution in [0.5, 0.6) is 6.01 Å². The molecule has 0 aromatic carbocycles. The smallest absolute Gasteiger partial charge is 0.322 e. The molecule has 2 aliphatic rings. The zero-order chi connectivity index (χ0) is 13.2. The van der Waals surface area contributed by atoms with Crippen molar-refractivity contribution in [3.05, 3.63) is 5.28 Å². The standard InChI is InChI=1S/C12H18ClN5O/c1-2-19-12-16-10(13)15-11(17-12)14-8-5-6-18(7-8)9-3-4-9/h8-9H,2-7H2,1H3,(H,14,15,16,17). The first kappa shape index (κ1) is 12.9. The molecule has 0 amide bonds. The number of hydrogen-bond acceptors (Lipinski definition) is 6. The fourth-order valence-electron chi connectivity index (χ4n) is 2.45. The van der Waals surface area contributed by atoms with E-state index in [0.717, 1.165) is 25.6 Å². The van der Waals surface area contributed by atoms with Crippen molar-refractivity contribution in [3.8, 4) is 6.01 Å². The Hall–Kier alpha value is -1.14. The zero-order valence-electron chi connectivity index (χ0n) is 11.0. The van der Waals surface area contributed by atoms with Gasteiger partial charge in [-0.2, -0.15) is 15.0 Å². The van der Waals surface area contributed by atoms with E-state index in [1.165, 1.54) is 12.8 Å². The fourth-order valence-corrected chi connectivity index (χ4v) is 2.60. The molecule has 1 aromatic heterocycles. The summed E-state index contributed by atoms with van der Waals surface area (Å²) >= 11 is 5.87. The Kier molecular flexibility index (Phi) is 3.70. The third kappa shape index (κ3) is 3.25. The highest BCUT2D eigenvalue weighted by Gasteiger charge is 2.34. The molecule has 1 aliphatic heterocycles. The van der Waals surface area contributed by atoms with Crippen LogP contribution in [0.1, 0.15) is 26.2 Å². The number of nitrogens with zero attached hydrogens (tertiary/aromatic N) is 4. The Labute approximate surface area is 117 Å². The molecular formula is C12H18ClN5O. The van der Waals surface area contributed by atoms with E-state index in [1.54, 1.807) is 0 Å². The lowest BCUT2D eigenvalue weighted by molar-refractivity contribution is 0.311. The van der Waals surface area contributed by atoms with Gasteiger partial charge in [0.1, 0.15) is 0 Å². The summed E-state index contributed by atoms with van der Waals surface area (Å²) in [5.74, 6) is 0.506. The highest BCUT2D eigenvalue weighted by atomic mass is 35.5. The van der Waals surface area contributed by atoms with E-state index in [1.807, 2.05) is 6.92 Å². The summed E-state index contributed by atoms with van der Waals surface area (Å²) in [6.07, 6.45) is 3.81. The van der Waals surface area contributed by atoms with Gasteiger partial charge in [-0.05, 0) is 37.8 Å². The van der Waals surface area contributed by atoms with Crippen molar-refractivity contribution in [3.63, 3.8) is 0 Å². The van der Waals surface area contributed by atoms with Gasteiger partial charge in [-0.1, -0.05) is 0 Å². The summed E-state index contributed by atoms with van der Waals surface area (Å²) in [6, 6.07) is 1.48. The van der Waals surface area contributed by atoms with Crippen molar-refractivity contribution in [2.75, 3.05) is 25.0 Å². The molecule has 1 N–H and O–H groups in total. The highest BCUT2D eigenvalue weighted by Crippen LogP contribution is 2.30. The Morgan fingerprint density at radius 1 is 1.32 bits per heavy atom. The SMILES string of the molecule is CCOc1nc(Cl)nc(NC2CCN(C3CC3)C2)n1. The summed E-state index contributed by atoms with van der Waals surface area (Å²) < 4.78 is 5.26. The maximum atomic E-state index is 5.87. The molecule has 1 unspecified atom stereocenters. The molecule has 1 saturated carbocycles. The molecule has 1 aromatic rings. The predicted molar refractivity (Wildman–Crippen MR) is 72.6 cm³/mol. The van der Waals surface area contributed by atoms with Gasteiger partial charge >= 0.3 is 6.01 Å². The number of nitrogens with one attached hydrogen (secondary N) is 1. The third-order valence-corrected chi connectivity index (χ3v) is 3.65. The van der Waals surface area contributed by atoms with E-state index in [-0.39, 0.29) is 11.3 Å². The van der Waals surface area contributed by atoms with Gasteiger partial charge in [-0.25, -0.2) is 0 Å². The number of ether oxygens (including phenoxy) is 1. The van der Waals surface area contributed by atoms with Crippen LogP contribution in [0, 0.1) is 0 Å². The minimum atomic E-state index is 0.165. The second-order valence-electron chi connectivity index (χ2n) is 5.00. The first-order chi connectivity index (χ1) is 9.24. The minimum Gasteiger partial charge on any atom is -0.464 e. The van der Waals surface area contributed by atoms with Crippen LogP contribution < -0.4 is 10.1 Å². The molecule has 2 heterocycles. The molecule has 104 valence electrons. The zero-order valence-corrected chi connectivity index (χ0v) is 11.7. The van der Waals surface area contributed by atoms with Crippen LogP contribution in [-0.4, -0.2) is 51.6 Å². The van der Waals surface area contributed by atoms with Gasteiger partial charge in [0.15, 0.2) is 0 Å². The normalized spacial score (nSPS) is 23.6. The van der Waals surface area contributed by atoms with Crippen LogP contribution in [-0.2, 0) is 0 Å². The van der Waals surface area contributed by atoms with Crippen molar-refractivity contribution in [1.82, 2.24) is 19.9 Å². The molecule has 3 rings (SSSR count). The Balaban J connectivity index is 1.62. The van der Waals surface area contributed by atoms with Crippen LogP contribution in [0.4, 0.5) is 5.95 Å². The Morgan fingerprint density at radius 3 is 2.89 bits per heavy atom. The van der Waals surface area contributed by atoms with E-state index in [0.29, 0.717) is 18.6 Å². The number of rotatable bonds is 5. The van der Waals surface area contributed by atoms with Gasteiger partial charge in [0.25, 0.3) is 0 Å². The Bertz CT molecular complexity index is 454. The molecule has 1 atom stereocenters. The average molecular weight is 284 g/mol. The van der Waals surface area contributed by atoms with Gasteiger partial charge < -0.3 is 10.1 Å². The first-order valence-electron chi connectivity index (χ1n) is 6.79. The largest absolute Gasteiger partial charge is 0.464 e. The average Bonchev–Trinajstić information content (AvgIpc) is 3.11. The molecule has 19 heavy (non-hydrogen) atoms. The minimum absolute atomic E-state index is 0.165. The molecule has 6 nitrogen and oxygen atoms in total. The van der Waals surface area contributed by atoms with E-state index < -0.39 is 0 Å². The lowest BCUT2D eigenvalue weighted by Gasteiger charge is -2.15. The maximum absolute atomic E-state index is 5.87. The van der Waals surface area contributed by atoms with Gasteiger partial charge in [0, 0.05) is 25.2 Å². The van der Waals surface area contributed by atoms with Crippen LogP contribution >= 0.6 is 11.6 Å². The van der Waals surface area contributed by atoms with E-state index in [4.69, 9.17) is 16.3 Å². The Morgan fingerprint density at radius 2 is 2.16 bits per heavy atom. The summed E-state index contributed by atoms with van der Waals surface area (Å²) in [4.78, 5) is 14.8. The topological polar surface area (TPSA) is 63.2 Å². The summed E-state index contributed by atoms with van der Waals surface area (Å²) in [7, 11) is 0. The van der Waals surface area contributed by atoms with Gasteiger partial charge in [-0.3, -0.25) is 4.90 Å². The predicted octanol–water partition coefficient (Wildman–Crippen LogP) is 1.57. The van der Waals surface area contributed by atoms with Gasteiger partial charge in [-0.15, -0.1) is 0 Å². The maximum Gasteiger partial charge on any atom is 0.322 e. The van der Waals surface area contributed by atoms with Crippen molar-refractivity contribution < 1.29 is 4.74 Å². The second-order valence-corrected chi connectivity index (χ2v) is 5.34. The number of anilines is 1. The van der Waals surface area contributed by atoms with Crippen molar-refractivity contribution in [1.29, 1.82) is 0 Å². The molecule has 7 heteroatoms. The van der Waals surface area contributed by atoms with Crippen LogP contribution in [0.3, 0.4) is 0 Å². The first-order valence-corrected chi connectivity index (χ1v) is 7.17. The number of halogens is 1. The summed E-state index contributed by atoms with van der Waals surface area (Å²) in [5.41, 5.74) is 0. The number of aromatic nitrogens is 3. The quantitative estimate of drug-likeness (QED) is 0.885. The lowest BCUT2D eigenvalue weighted by atomic mass is 10.3. The summed E-state index contributed by atoms with van der Waals surface area (Å²) in [6.45, 7) is 4.60. The van der Waals surface area contributed by atoms with E-state index in [2.05, 4.69) is 25.2 Å². The molecule has 1 aliphatic carbocycles. The van der Waals surface area contributed by atoms with Crippen LogP contribution in [0.25, 0.3) is 0 Å².